The van der Waals surface area contributed by atoms with E-state index in [1.807, 2.05) is 24.3 Å². The molecule has 0 radical (unpaired) electrons. The van der Waals surface area contributed by atoms with Gasteiger partial charge in [-0.3, -0.25) is 4.79 Å². The molecule has 0 atom stereocenters. The number of anilines is 1. The average Bonchev–Trinajstić information content (AvgIpc) is 3.25. The quantitative estimate of drug-likeness (QED) is 0.597. The Morgan fingerprint density at radius 1 is 1.33 bits per heavy atom. The van der Waals surface area contributed by atoms with Crippen molar-refractivity contribution in [1.29, 1.82) is 0 Å². The topological polar surface area (TPSA) is 58.4 Å². The molecule has 1 aliphatic carbocycles. The molecule has 0 bridgehead atoms. The molecule has 2 rings (SSSR count). The summed E-state index contributed by atoms with van der Waals surface area (Å²) >= 11 is 0. The van der Waals surface area contributed by atoms with Gasteiger partial charge < -0.3 is 16.0 Å². The summed E-state index contributed by atoms with van der Waals surface area (Å²) in [6.45, 7) is 6.11. The highest BCUT2D eigenvalue weighted by atomic mass is 16.2. The molecule has 0 spiro atoms. The van der Waals surface area contributed by atoms with E-state index in [0.29, 0.717) is 6.04 Å². The molecule has 116 valence electrons. The minimum atomic E-state index is -0.294. The zero-order valence-corrected chi connectivity index (χ0v) is 13.4. The first kappa shape index (κ1) is 15.8. The molecule has 0 unspecified atom stereocenters. The normalized spacial score (nSPS) is 16.2. The molecule has 1 aliphatic rings. The fourth-order valence-electron chi connectivity index (χ4n) is 2.53. The Bertz CT molecular complexity index is 477. The Morgan fingerprint density at radius 3 is 2.48 bits per heavy atom. The van der Waals surface area contributed by atoms with E-state index in [-0.39, 0.29) is 11.3 Å². The van der Waals surface area contributed by atoms with Gasteiger partial charge in [-0.2, -0.15) is 0 Å². The summed E-state index contributed by atoms with van der Waals surface area (Å²) in [5, 5.41) is 3.10. The maximum atomic E-state index is 12.4. The van der Waals surface area contributed by atoms with E-state index in [1.54, 1.807) is 0 Å². The summed E-state index contributed by atoms with van der Waals surface area (Å²) in [6, 6.07) is 8.26. The van der Waals surface area contributed by atoms with Crippen LogP contribution < -0.4 is 11.1 Å². The number of benzene rings is 1. The van der Waals surface area contributed by atoms with Crippen LogP contribution in [0.4, 0.5) is 5.69 Å². The second-order valence-electron chi connectivity index (χ2n) is 6.39. The van der Waals surface area contributed by atoms with Gasteiger partial charge in [0.05, 0.1) is 5.41 Å². The summed E-state index contributed by atoms with van der Waals surface area (Å²) in [6.07, 6.45) is 2.86. The number of nitrogens with two attached hydrogens (primary N) is 1. The van der Waals surface area contributed by atoms with Gasteiger partial charge in [-0.25, -0.2) is 0 Å². The van der Waals surface area contributed by atoms with Gasteiger partial charge in [0.25, 0.3) is 0 Å². The maximum Gasteiger partial charge on any atom is 0.230 e. The lowest BCUT2D eigenvalue weighted by Gasteiger charge is -2.21. The van der Waals surface area contributed by atoms with Crippen molar-refractivity contribution in [3.05, 3.63) is 29.8 Å². The fraction of sp³-hybridized carbons (Fsp3) is 0.588. The third kappa shape index (κ3) is 3.76. The highest BCUT2D eigenvalue weighted by Crippen LogP contribution is 2.48. The van der Waals surface area contributed by atoms with Crippen molar-refractivity contribution < 1.29 is 4.79 Å². The minimum Gasteiger partial charge on any atom is -0.399 e. The smallest absolute Gasteiger partial charge is 0.230 e. The Morgan fingerprint density at radius 2 is 1.95 bits per heavy atom. The van der Waals surface area contributed by atoms with E-state index in [4.69, 9.17) is 5.73 Å². The summed E-state index contributed by atoms with van der Waals surface area (Å²) in [7, 11) is 2.11. The molecule has 0 aliphatic heterocycles. The van der Waals surface area contributed by atoms with Crippen molar-refractivity contribution in [2.75, 3.05) is 25.9 Å². The summed E-state index contributed by atoms with van der Waals surface area (Å²) < 4.78 is 0. The Kier molecular flexibility index (Phi) is 4.88. The maximum absolute atomic E-state index is 12.4. The lowest BCUT2D eigenvalue weighted by atomic mass is 9.95. The molecule has 1 fully saturated rings. The summed E-state index contributed by atoms with van der Waals surface area (Å²) in [5.41, 5.74) is 7.25. The molecule has 0 saturated heterocycles. The van der Waals surface area contributed by atoms with Gasteiger partial charge in [0.15, 0.2) is 0 Å². The monoisotopic (exact) mass is 289 g/mol. The van der Waals surface area contributed by atoms with Crippen LogP contribution in [0, 0.1) is 0 Å². The van der Waals surface area contributed by atoms with Crippen LogP contribution >= 0.6 is 0 Å². The highest BCUT2D eigenvalue weighted by molar-refractivity contribution is 5.91. The van der Waals surface area contributed by atoms with E-state index < -0.39 is 0 Å². The standard InChI is InChI=1S/C17H27N3O/c1-13(2)20(3)12-4-11-19-16(21)17(9-10-17)14-5-7-15(18)8-6-14/h5-8,13H,4,9-12,18H2,1-3H3,(H,19,21). The average molecular weight is 289 g/mol. The number of hydrogen-bond acceptors (Lipinski definition) is 3. The molecule has 0 heterocycles. The molecule has 4 heteroatoms. The molecule has 21 heavy (non-hydrogen) atoms. The predicted octanol–water partition coefficient (Wildman–Crippen LogP) is 2.15. The van der Waals surface area contributed by atoms with Crippen molar-refractivity contribution in [3.8, 4) is 0 Å². The molecule has 1 saturated carbocycles. The van der Waals surface area contributed by atoms with Crippen LogP contribution in [0.3, 0.4) is 0 Å². The molecule has 3 N–H and O–H groups in total. The van der Waals surface area contributed by atoms with Crippen LogP contribution in [0.1, 0.15) is 38.7 Å². The Hall–Kier alpha value is -1.55. The van der Waals surface area contributed by atoms with Crippen LogP contribution in [0.2, 0.25) is 0 Å². The van der Waals surface area contributed by atoms with Gasteiger partial charge in [0.2, 0.25) is 5.91 Å². The van der Waals surface area contributed by atoms with Crippen molar-refractivity contribution in [3.63, 3.8) is 0 Å². The number of rotatable bonds is 7. The first-order valence-corrected chi connectivity index (χ1v) is 7.80. The van der Waals surface area contributed by atoms with Gasteiger partial charge >= 0.3 is 0 Å². The van der Waals surface area contributed by atoms with Crippen LogP contribution in [-0.4, -0.2) is 37.0 Å². The van der Waals surface area contributed by atoms with Crippen LogP contribution in [0.25, 0.3) is 0 Å². The number of carbonyl (C=O) groups excluding carboxylic acids is 1. The van der Waals surface area contributed by atoms with Crippen LogP contribution in [0.15, 0.2) is 24.3 Å². The largest absolute Gasteiger partial charge is 0.399 e. The van der Waals surface area contributed by atoms with Gasteiger partial charge in [-0.15, -0.1) is 0 Å². The fourth-order valence-corrected chi connectivity index (χ4v) is 2.53. The van der Waals surface area contributed by atoms with Gasteiger partial charge in [0.1, 0.15) is 0 Å². The van der Waals surface area contributed by atoms with Crippen LogP contribution in [0.5, 0.6) is 0 Å². The SMILES string of the molecule is CC(C)N(C)CCCNC(=O)C1(c2ccc(N)cc2)CC1. The first-order valence-electron chi connectivity index (χ1n) is 7.80. The molecule has 4 nitrogen and oxygen atoms in total. The zero-order chi connectivity index (χ0) is 15.5. The molecule has 1 aromatic rings. The van der Waals surface area contributed by atoms with E-state index in [0.717, 1.165) is 43.6 Å². The predicted molar refractivity (Wildman–Crippen MR) is 87.2 cm³/mol. The Labute approximate surface area is 127 Å². The van der Waals surface area contributed by atoms with Gasteiger partial charge in [0, 0.05) is 18.3 Å². The van der Waals surface area contributed by atoms with Crippen molar-refractivity contribution >= 4 is 11.6 Å². The molecule has 1 aromatic carbocycles. The van der Waals surface area contributed by atoms with E-state index in [2.05, 4.69) is 31.1 Å². The second-order valence-corrected chi connectivity index (χ2v) is 6.39. The minimum absolute atomic E-state index is 0.166. The summed E-state index contributed by atoms with van der Waals surface area (Å²) in [4.78, 5) is 14.7. The second kappa shape index (κ2) is 6.48. The first-order chi connectivity index (χ1) is 9.95. The number of carbonyl (C=O) groups is 1. The van der Waals surface area contributed by atoms with E-state index in [9.17, 15) is 4.79 Å². The van der Waals surface area contributed by atoms with Crippen molar-refractivity contribution in [2.24, 2.45) is 0 Å². The number of nitrogen functional groups attached to an aromatic ring is 1. The van der Waals surface area contributed by atoms with Crippen molar-refractivity contribution in [2.45, 2.75) is 44.6 Å². The van der Waals surface area contributed by atoms with E-state index >= 15 is 0 Å². The molecule has 1 amide bonds. The lowest BCUT2D eigenvalue weighted by molar-refractivity contribution is -0.123. The van der Waals surface area contributed by atoms with Crippen molar-refractivity contribution in [1.82, 2.24) is 10.2 Å². The number of amides is 1. The van der Waals surface area contributed by atoms with Crippen LogP contribution in [-0.2, 0) is 10.2 Å². The Balaban J connectivity index is 1.82. The number of hydrogen-bond donors (Lipinski definition) is 2. The third-order valence-corrected chi connectivity index (χ3v) is 4.50. The zero-order valence-electron chi connectivity index (χ0n) is 13.4. The van der Waals surface area contributed by atoms with E-state index in [1.165, 1.54) is 0 Å². The highest BCUT2D eigenvalue weighted by Gasteiger charge is 2.50. The van der Waals surface area contributed by atoms with Gasteiger partial charge in [-0.05, 0) is 64.4 Å². The van der Waals surface area contributed by atoms with Gasteiger partial charge in [-0.1, -0.05) is 12.1 Å². The molecule has 0 aromatic heterocycles. The molecular weight excluding hydrogens is 262 g/mol. The number of nitrogens with one attached hydrogen (secondary N) is 1. The molecular formula is C17H27N3O. The third-order valence-electron chi connectivity index (χ3n) is 4.50. The lowest BCUT2D eigenvalue weighted by Crippen LogP contribution is -2.37. The summed E-state index contributed by atoms with van der Waals surface area (Å²) in [5.74, 6) is 0.166. The number of nitrogens with zero attached hydrogens (tertiary/aromatic N) is 1.